The van der Waals surface area contributed by atoms with Crippen molar-refractivity contribution in [1.82, 2.24) is 20.8 Å². The van der Waals surface area contributed by atoms with E-state index in [-0.39, 0.29) is 29.9 Å². The topological polar surface area (TPSA) is 100 Å². The maximum absolute atomic E-state index is 15.2. The number of furan rings is 1. The Morgan fingerprint density at radius 3 is 2.71 bits per heavy atom. The lowest BCUT2D eigenvalue weighted by atomic mass is 10.1. The lowest BCUT2D eigenvalue weighted by molar-refractivity contribution is -0.118. The van der Waals surface area contributed by atoms with Crippen molar-refractivity contribution >= 4 is 33.7 Å². The third-order valence-corrected chi connectivity index (χ3v) is 4.35. The van der Waals surface area contributed by atoms with Gasteiger partial charge >= 0.3 is 0 Å². The molecule has 2 aromatic carbocycles. The number of amides is 2. The van der Waals surface area contributed by atoms with E-state index < -0.39 is 11.7 Å². The summed E-state index contributed by atoms with van der Waals surface area (Å²) in [6, 6.07) is 12.2. The van der Waals surface area contributed by atoms with Gasteiger partial charge in [-0.2, -0.15) is 5.10 Å². The molecule has 2 amide bonds. The van der Waals surface area contributed by atoms with Crippen LogP contribution in [0.15, 0.2) is 46.9 Å². The van der Waals surface area contributed by atoms with Gasteiger partial charge in [-0.25, -0.2) is 4.39 Å². The molecule has 0 radical (unpaired) electrons. The van der Waals surface area contributed by atoms with E-state index in [2.05, 4.69) is 20.8 Å². The Labute approximate surface area is 158 Å². The lowest BCUT2D eigenvalue weighted by Gasteiger charge is -2.07. The smallest absolute Gasteiger partial charge is 0.254 e. The summed E-state index contributed by atoms with van der Waals surface area (Å²) < 4.78 is 20.9. The van der Waals surface area contributed by atoms with Crippen molar-refractivity contribution in [2.75, 3.05) is 13.1 Å². The monoisotopic (exact) mass is 380 g/mol. The third-order valence-electron chi connectivity index (χ3n) is 4.35. The van der Waals surface area contributed by atoms with Gasteiger partial charge in [0.15, 0.2) is 5.76 Å². The largest absolute Gasteiger partial charge is 0.454 e. The number of rotatable bonds is 5. The third kappa shape index (κ3) is 3.20. The SMILES string of the molecule is CC(=O)NCCNC(=O)c1ccc2[nH]nc(-c3cc4ccccc4o3)c2c1F. The molecule has 2 heterocycles. The fourth-order valence-corrected chi connectivity index (χ4v) is 3.03. The van der Waals surface area contributed by atoms with Gasteiger partial charge in [-0.15, -0.1) is 0 Å². The number of H-pyrrole nitrogens is 1. The zero-order valence-electron chi connectivity index (χ0n) is 15.0. The Morgan fingerprint density at radius 1 is 1.14 bits per heavy atom. The quantitative estimate of drug-likeness (QED) is 0.464. The molecule has 8 heteroatoms. The van der Waals surface area contributed by atoms with Gasteiger partial charge in [0.1, 0.15) is 17.1 Å². The van der Waals surface area contributed by atoms with Gasteiger partial charge in [-0.3, -0.25) is 14.7 Å². The highest BCUT2D eigenvalue weighted by Gasteiger charge is 2.21. The number of carbonyl (C=O) groups is 2. The van der Waals surface area contributed by atoms with Gasteiger partial charge in [0, 0.05) is 25.4 Å². The lowest BCUT2D eigenvalue weighted by Crippen LogP contribution is -2.34. The summed E-state index contributed by atoms with van der Waals surface area (Å²) in [7, 11) is 0. The average Bonchev–Trinajstić information content (AvgIpc) is 3.29. The second kappa shape index (κ2) is 7.15. The summed E-state index contributed by atoms with van der Waals surface area (Å²) in [6.45, 7) is 1.84. The van der Waals surface area contributed by atoms with E-state index in [0.29, 0.717) is 22.6 Å². The molecule has 0 bridgehead atoms. The Morgan fingerprint density at radius 2 is 1.93 bits per heavy atom. The highest BCUT2D eigenvalue weighted by molar-refractivity contribution is 6.02. The summed E-state index contributed by atoms with van der Waals surface area (Å²) in [5, 5.41) is 13.2. The molecule has 0 spiro atoms. The van der Waals surface area contributed by atoms with Crippen LogP contribution in [0.2, 0.25) is 0 Å². The van der Waals surface area contributed by atoms with Crippen LogP contribution < -0.4 is 10.6 Å². The minimum atomic E-state index is -0.682. The van der Waals surface area contributed by atoms with Crippen LogP contribution in [0.5, 0.6) is 0 Å². The minimum absolute atomic E-state index is 0.103. The molecule has 142 valence electrons. The van der Waals surface area contributed by atoms with E-state index in [1.54, 1.807) is 12.1 Å². The molecule has 0 saturated carbocycles. The normalized spacial score (nSPS) is 11.1. The van der Waals surface area contributed by atoms with Crippen LogP contribution in [0.3, 0.4) is 0 Å². The van der Waals surface area contributed by atoms with Crippen LogP contribution in [0.25, 0.3) is 33.3 Å². The molecule has 4 aromatic rings. The van der Waals surface area contributed by atoms with Gasteiger partial charge in [-0.1, -0.05) is 18.2 Å². The van der Waals surface area contributed by atoms with E-state index in [0.717, 1.165) is 5.39 Å². The number of hydrogen-bond acceptors (Lipinski definition) is 4. The molecule has 0 aliphatic rings. The van der Waals surface area contributed by atoms with Crippen LogP contribution in [0.4, 0.5) is 4.39 Å². The fourth-order valence-electron chi connectivity index (χ4n) is 3.03. The molecule has 0 unspecified atom stereocenters. The van der Waals surface area contributed by atoms with E-state index in [4.69, 9.17) is 4.42 Å². The zero-order valence-corrected chi connectivity index (χ0v) is 15.0. The van der Waals surface area contributed by atoms with Gasteiger partial charge in [0.2, 0.25) is 5.91 Å². The van der Waals surface area contributed by atoms with Crippen molar-refractivity contribution in [1.29, 1.82) is 0 Å². The molecule has 3 N–H and O–H groups in total. The molecule has 0 atom stereocenters. The van der Waals surface area contributed by atoms with Crippen molar-refractivity contribution < 1.29 is 18.4 Å². The average molecular weight is 380 g/mol. The standard InChI is InChI=1S/C20H17FN4O3/c1-11(26)22-8-9-23-20(27)13-6-7-14-17(18(13)21)19(25-24-14)16-10-12-4-2-3-5-15(12)28-16/h2-7,10H,8-9H2,1H3,(H,22,26)(H,23,27)(H,24,25). The summed E-state index contributed by atoms with van der Waals surface area (Å²) in [5.41, 5.74) is 1.33. The number of benzene rings is 2. The summed E-state index contributed by atoms with van der Waals surface area (Å²) in [4.78, 5) is 23.2. The summed E-state index contributed by atoms with van der Waals surface area (Å²) in [6.07, 6.45) is 0. The zero-order chi connectivity index (χ0) is 19.7. The van der Waals surface area contributed by atoms with E-state index in [1.165, 1.54) is 13.0 Å². The second-order valence-electron chi connectivity index (χ2n) is 6.31. The molecular formula is C20H17FN4O3. The first-order valence-corrected chi connectivity index (χ1v) is 8.73. The molecule has 0 saturated heterocycles. The number of hydrogen-bond donors (Lipinski definition) is 3. The number of fused-ring (bicyclic) bond motifs is 2. The van der Waals surface area contributed by atoms with E-state index in [1.807, 2.05) is 24.3 Å². The van der Waals surface area contributed by atoms with Gasteiger partial charge in [0.25, 0.3) is 5.91 Å². The number of para-hydroxylation sites is 1. The van der Waals surface area contributed by atoms with Gasteiger partial charge in [0.05, 0.1) is 16.5 Å². The van der Waals surface area contributed by atoms with Gasteiger partial charge in [-0.05, 0) is 24.3 Å². The summed E-state index contributed by atoms with van der Waals surface area (Å²) in [5.74, 6) is -1.04. The maximum atomic E-state index is 15.2. The number of nitrogens with zero attached hydrogens (tertiary/aromatic N) is 1. The number of aromatic nitrogens is 2. The predicted molar refractivity (Wildman–Crippen MR) is 102 cm³/mol. The summed E-state index contributed by atoms with van der Waals surface area (Å²) >= 11 is 0. The Kier molecular flexibility index (Phi) is 4.52. The first kappa shape index (κ1) is 17.7. The maximum Gasteiger partial charge on any atom is 0.254 e. The van der Waals surface area contributed by atoms with Crippen LogP contribution in [0.1, 0.15) is 17.3 Å². The first-order chi connectivity index (χ1) is 13.5. The second-order valence-corrected chi connectivity index (χ2v) is 6.31. The number of aromatic amines is 1. The van der Waals surface area contributed by atoms with E-state index >= 15 is 4.39 Å². The molecule has 28 heavy (non-hydrogen) atoms. The number of nitrogens with one attached hydrogen (secondary N) is 3. The van der Waals surface area contributed by atoms with Crippen LogP contribution in [0, 0.1) is 5.82 Å². The van der Waals surface area contributed by atoms with E-state index in [9.17, 15) is 9.59 Å². The Hall–Kier alpha value is -3.68. The molecule has 0 aliphatic carbocycles. The molecule has 0 fully saturated rings. The first-order valence-electron chi connectivity index (χ1n) is 8.73. The van der Waals surface area contributed by atoms with Crippen LogP contribution in [-0.2, 0) is 4.79 Å². The van der Waals surface area contributed by atoms with Crippen molar-refractivity contribution in [3.05, 3.63) is 53.8 Å². The molecule has 7 nitrogen and oxygen atoms in total. The van der Waals surface area contributed by atoms with Gasteiger partial charge < -0.3 is 15.1 Å². The van der Waals surface area contributed by atoms with Crippen LogP contribution >= 0.6 is 0 Å². The molecule has 0 aliphatic heterocycles. The fraction of sp³-hybridized carbons (Fsp3) is 0.150. The predicted octanol–water partition coefficient (Wildman–Crippen LogP) is 2.98. The van der Waals surface area contributed by atoms with Crippen molar-refractivity contribution in [3.63, 3.8) is 0 Å². The van der Waals surface area contributed by atoms with Crippen molar-refractivity contribution in [2.24, 2.45) is 0 Å². The highest BCUT2D eigenvalue weighted by atomic mass is 19.1. The Balaban J connectivity index is 1.67. The number of carbonyl (C=O) groups excluding carboxylic acids is 2. The number of halogens is 1. The van der Waals surface area contributed by atoms with Crippen molar-refractivity contribution in [2.45, 2.75) is 6.92 Å². The molecule has 4 rings (SSSR count). The van der Waals surface area contributed by atoms with Crippen LogP contribution in [-0.4, -0.2) is 35.1 Å². The highest BCUT2D eigenvalue weighted by Crippen LogP contribution is 2.33. The van der Waals surface area contributed by atoms with Crippen molar-refractivity contribution in [3.8, 4) is 11.5 Å². The molecule has 2 aromatic heterocycles. The minimum Gasteiger partial charge on any atom is -0.454 e. The molecular weight excluding hydrogens is 363 g/mol. The Bertz CT molecular complexity index is 1160.